The Bertz CT molecular complexity index is 305. The summed E-state index contributed by atoms with van der Waals surface area (Å²) in [6.45, 7) is 6.41. The van der Waals surface area contributed by atoms with Crippen molar-refractivity contribution in [2.45, 2.75) is 38.1 Å². The van der Waals surface area contributed by atoms with E-state index in [1.165, 1.54) is 0 Å². The number of aromatic nitrogens is 2. The Balaban J connectivity index is 2.93. The number of nitrogens with two attached hydrogens (primary N) is 1. The summed E-state index contributed by atoms with van der Waals surface area (Å²) in [5.74, 6) is 1.50. The van der Waals surface area contributed by atoms with Crippen LogP contribution < -0.4 is 5.73 Å². The van der Waals surface area contributed by atoms with Crippen LogP contribution in [0.25, 0.3) is 0 Å². The highest BCUT2D eigenvalue weighted by Gasteiger charge is 2.15. The molecule has 2 N–H and O–H groups in total. The summed E-state index contributed by atoms with van der Waals surface area (Å²) in [6, 6.07) is 0. The minimum absolute atomic E-state index is 0.400. The SMILES string of the molecule is CCCSc1c(N)c(C(C)C)nn1C. The molecule has 0 amide bonds. The lowest BCUT2D eigenvalue weighted by atomic mass is 10.1. The maximum absolute atomic E-state index is 6.04. The Morgan fingerprint density at radius 3 is 2.57 bits per heavy atom. The predicted molar refractivity (Wildman–Crippen MR) is 62.7 cm³/mol. The van der Waals surface area contributed by atoms with Crippen LogP contribution >= 0.6 is 11.8 Å². The molecule has 0 aliphatic rings. The van der Waals surface area contributed by atoms with Crippen LogP contribution in [0.15, 0.2) is 5.03 Å². The van der Waals surface area contributed by atoms with E-state index in [2.05, 4.69) is 25.9 Å². The zero-order chi connectivity index (χ0) is 10.7. The summed E-state index contributed by atoms with van der Waals surface area (Å²) in [6.07, 6.45) is 1.16. The summed E-state index contributed by atoms with van der Waals surface area (Å²) in [7, 11) is 1.96. The summed E-state index contributed by atoms with van der Waals surface area (Å²) in [4.78, 5) is 0. The van der Waals surface area contributed by atoms with E-state index in [0.717, 1.165) is 28.6 Å². The number of aryl methyl sites for hydroxylation is 1. The van der Waals surface area contributed by atoms with Crippen LogP contribution in [0, 0.1) is 0 Å². The van der Waals surface area contributed by atoms with Gasteiger partial charge in [0.1, 0.15) is 5.03 Å². The van der Waals surface area contributed by atoms with E-state index in [1.54, 1.807) is 11.8 Å². The lowest BCUT2D eigenvalue weighted by molar-refractivity contribution is 0.671. The number of hydrogen-bond donors (Lipinski definition) is 1. The van der Waals surface area contributed by atoms with Gasteiger partial charge in [-0.25, -0.2) is 0 Å². The van der Waals surface area contributed by atoms with E-state index in [-0.39, 0.29) is 0 Å². The van der Waals surface area contributed by atoms with Gasteiger partial charge in [0.15, 0.2) is 0 Å². The Labute approximate surface area is 90.1 Å². The summed E-state index contributed by atoms with van der Waals surface area (Å²) < 4.78 is 1.89. The second-order valence-corrected chi connectivity index (χ2v) is 4.81. The van der Waals surface area contributed by atoms with Crippen LogP contribution in [-0.2, 0) is 7.05 Å². The molecule has 14 heavy (non-hydrogen) atoms. The molecule has 0 saturated heterocycles. The van der Waals surface area contributed by atoms with Crippen molar-refractivity contribution < 1.29 is 0 Å². The smallest absolute Gasteiger partial charge is 0.117 e. The first-order chi connectivity index (χ1) is 6.57. The monoisotopic (exact) mass is 213 g/mol. The molecule has 0 radical (unpaired) electrons. The molecule has 0 atom stereocenters. The van der Waals surface area contributed by atoms with Gasteiger partial charge in [-0.15, -0.1) is 11.8 Å². The molecular formula is C10H19N3S. The van der Waals surface area contributed by atoms with Crippen LogP contribution in [0.4, 0.5) is 5.69 Å². The van der Waals surface area contributed by atoms with E-state index in [0.29, 0.717) is 5.92 Å². The third-order valence-corrected chi connectivity index (χ3v) is 3.42. The summed E-state index contributed by atoms with van der Waals surface area (Å²) in [5, 5.41) is 5.54. The van der Waals surface area contributed by atoms with E-state index in [4.69, 9.17) is 5.73 Å². The number of hydrogen-bond acceptors (Lipinski definition) is 3. The van der Waals surface area contributed by atoms with Crippen molar-refractivity contribution in [1.82, 2.24) is 9.78 Å². The molecular weight excluding hydrogens is 194 g/mol. The zero-order valence-electron chi connectivity index (χ0n) is 9.37. The normalized spacial score (nSPS) is 11.2. The molecule has 0 aliphatic carbocycles. The largest absolute Gasteiger partial charge is 0.395 e. The first-order valence-electron chi connectivity index (χ1n) is 5.03. The van der Waals surface area contributed by atoms with Crippen molar-refractivity contribution in [3.63, 3.8) is 0 Å². The van der Waals surface area contributed by atoms with Crippen molar-refractivity contribution in [3.05, 3.63) is 5.69 Å². The van der Waals surface area contributed by atoms with Crippen LogP contribution in [0.1, 0.15) is 38.8 Å². The Morgan fingerprint density at radius 1 is 1.50 bits per heavy atom. The quantitative estimate of drug-likeness (QED) is 0.782. The molecule has 1 heterocycles. The van der Waals surface area contributed by atoms with Gasteiger partial charge in [0, 0.05) is 7.05 Å². The highest BCUT2D eigenvalue weighted by atomic mass is 32.2. The fourth-order valence-corrected chi connectivity index (χ4v) is 2.23. The van der Waals surface area contributed by atoms with Gasteiger partial charge in [0.05, 0.1) is 11.4 Å². The van der Waals surface area contributed by atoms with E-state index in [1.807, 2.05) is 11.7 Å². The molecule has 1 rings (SSSR count). The first kappa shape index (κ1) is 11.4. The second-order valence-electron chi connectivity index (χ2n) is 3.73. The minimum atomic E-state index is 0.400. The van der Waals surface area contributed by atoms with E-state index in [9.17, 15) is 0 Å². The molecule has 0 spiro atoms. The third-order valence-electron chi connectivity index (χ3n) is 2.05. The average Bonchev–Trinajstić information content (AvgIpc) is 2.40. The lowest BCUT2D eigenvalue weighted by Crippen LogP contribution is -1.94. The van der Waals surface area contributed by atoms with Crippen molar-refractivity contribution in [3.8, 4) is 0 Å². The van der Waals surface area contributed by atoms with Gasteiger partial charge in [0.2, 0.25) is 0 Å². The van der Waals surface area contributed by atoms with Crippen LogP contribution in [-0.4, -0.2) is 15.5 Å². The predicted octanol–water partition coefficient (Wildman–Crippen LogP) is 2.63. The molecule has 0 fully saturated rings. The molecule has 0 unspecified atom stereocenters. The Kier molecular flexibility index (Phi) is 3.86. The average molecular weight is 213 g/mol. The highest BCUT2D eigenvalue weighted by molar-refractivity contribution is 7.99. The zero-order valence-corrected chi connectivity index (χ0v) is 10.2. The topological polar surface area (TPSA) is 43.8 Å². The summed E-state index contributed by atoms with van der Waals surface area (Å²) in [5.41, 5.74) is 7.92. The molecule has 80 valence electrons. The molecule has 1 aromatic rings. The molecule has 0 aliphatic heterocycles. The molecule has 3 nitrogen and oxygen atoms in total. The van der Waals surface area contributed by atoms with Crippen LogP contribution in [0.2, 0.25) is 0 Å². The minimum Gasteiger partial charge on any atom is -0.395 e. The number of rotatable bonds is 4. The van der Waals surface area contributed by atoms with Gasteiger partial charge in [-0.2, -0.15) is 5.10 Å². The second kappa shape index (κ2) is 4.73. The standard InChI is InChI=1S/C10H19N3S/c1-5-6-14-10-8(11)9(7(2)3)12-13(10)4/h7H,5-6,11H2,1-4H3. The van der Waals surface area contributed by atoms with Crippen molar-refractivity contribution in [2.24, 2.45) is 7.05 Å². The number of thioether (sulfide) groups is 1. The van der Waals surface area contributed by atoms with Gasteiger partial charge in [-0.05, 0) is 18.1 Å². The Hall–Kier alpha value is -0.640. The Morgan fingerprint density at radius 2 is 2.14 bits per heavy atom. The molecule has 1 aromatic heterocycles. The van der Waals surface area contributed by atoms with Crippen molar-refractivity contribution >= 4 is 17.4 Å². The van der Waals surface area contributed by atoms with Gasteiger partial charge in [-0.1, -0.05) is 20.8 Å². The molecule has 0 saturated carbocycles. The van der Waals surface area contributed by atoms with Gasteiger partial charge < -0.3 is 5.73 Å². The number of nitrogens with zero attached hydrogens (tertiary/aromatic N) is 2. The molecule has 0 aromatic carbocycles. The van der Waals surface area contributed by atoms with Gasteiger partial charge >= 0.3 is 0 Å². The fraction of sp³-hybridized carbons (Fsp3) is 0.700. The third kappa shape index (κ3) is 2.23. The maximum Gasteiger partial charge on any atom is 0.117 e. The lowest BCUT2D eigenvalue weighted by Gasteiger charge is -2.02. The van der Waals surface area contributed by atoms with E-state index >= 15 is 0 Å². The van der Waals surface area contributed by atoms with Crippen LogP contribution in [0.5, 0.6) is 0 Å². The fourth-order valence-electron chi connectivity index (χ4n) is 1.34. The summed E-state index contributed by atoms with van der Waals surface area (Å²) >= 11 is 1.79. The van der Waals surface area contributed by atoms with Gasteiger partial charge in [-0.3, -0.25) is 4.68 Å². The van der Waals surface area contributed by atoms with Crippen molar-refractivity contribution in [2.75, 3.05) is 11.5 Å². The maximum atomic E-state index is 6.04. The molecule has 4 heteroatoms. The van der Waals surface area contributed by atoms with Crippen molar-refractivity contribution in [1.29, 1.82) is 0 Å². The highest BCUT2D eigenvalue weighted by Crippen LogP contribution is 2.31. The number of nitrogen functional groups attached to an aromatic ring is 1. The number of anilines is 1. The van der Waals surface area contributed by atoms with Gasteiger partial charge in [0.25, 0.3) is 0 Å². The first-order valence-corrected chi connectivity index (χ1v) is 6.01. The van der Waals surface area contributed by atoms with Crippen LogP contribution in [0.3, 0.4) is 0 Å². The molecule has 0 bridgehead atoms. The van der Waals surface area contributed by atoms with E-state index < -0.39 is 0 Å².